The topological polar surface area (TPSA) is 88.0 Å². The number of aryl methyl sites for hydroxylation is 1. The molecule has 1 aliphatic carbocycles. The molecule has 1 unspecified atom stereocenters. The number of fused-ring (bicyclic) bond motifs is 1. The Balaban J connectivity index is 1.43. The summed E-state index contributed by atoms with van der Waals surface area (Å²) in [4.78, 5) is 17.1. The highest BCUT2D eigenvalue weighted by atomic mass is 19.3. The molecule has 3 aromatic heterocycles. The third-order valence-corrected chi connectivity index (χ3v) is 5.82. The average molecular weight is 458 g/mol. The number of hydrogen-bond donors (Lipinski definition) is 2. The molecular formula is C22H18F4N6O. The summed E-state index contributed by atoms with van der Waals surface area (Å²) >= 11 is 0. The first-order valence-corrected chi connectivity index (χ1v) is 10.2. The van der Waals surface area contributed by atoms with Crippen molar-refractivity contribution < 1.29 is 22.4 Å². The predicted molar refractivity (Wildman–Crippen MR) is 111 cm³/mol. The Morgan fingerprint density at radius 2 is 2.09 bits per heavy atom. The van der Waals surface area contributed by atoms with Crippen LogP contribution >= 0.6 is 0 Å². The van der Waals surface area contributed by atoms with Gasteiger partial charge in [-0.25, -0.2) is 27.1 Å². The Labute approximate surface area is 184 Å². The second-order valence-electron chi connectivity index (χ2n) is 8.18. The number of anilines is 1. The number of nitrogens with zero attached hydrogens (tertiary/aromatic N) is 4. The summed E-state index contributed by atoms with van der Waals surface area (Å²) in [6.07, 6.45) is 2.17. The summed E-state index contributed by atoms with van der Waals surface area (Å²) in [6.45, 7) is 1.62. The summed E-state index contributed by atoms with van der Waals surface area (Å²) in [5.41, 5.74) is 1.41. The molecule has 170 valence electrons. The molecule has 0 aliphatic heterocycles. The van der Waals surface area contributed by atoms with E-state index in [-0.39, 0.29) is 42.0 Å². The number of amides is 1. The monoisotopic (exact) mass is 458 g/mol. The molecule has 1 saturated carbocycles. The van der Waals surface area contributed by atoms with Gasteiger partial charge in [-0.3, -0.25) is 9.89 Å². The second kappa shape index (κ2) is 7.68. The van der Waals surface area contributed by atoms with Crippen LogP contribution in [0.2, 0.25) is 0 Å². The fraction of sp³-hybridized carbons (Fsp3) is 0.273. The molecule has 1 atom stereocenters. The van der Waals surface area contributed by atoms with Gasteiger partial charge in [0, 0.05) is 24.4 Å². The van der Waals surface area contributed by atoms with Crippen LogP contribution in [-0.4, -0.2) is 36.6 Å². The van der Waals surface area contributed by atoms with E-state index in [1.165, 1.54) is 35.0 Å². The van der Waals surface area contributed by atoms with Gasteiger partial charge in [0.25, 0.3) is 5.91 Å². The molecule has 0 saturated heterocycles. The lowest BCUT2D eigenvalue weighted by molar-refractivity contribution is 0.00754. The number of rotatable bonds is 4. The van der Waals surface area contributed by atoms with Crippen LogP contribution in [0, 0.1) is 18.6 Å². The van der Waals surface area contributed by atoms with E-state index in [0.717, 1.165) is 6.20 Å². The van der Waals surface area contributed by atoms with Crippen molar-refractivity contribution in [3.63, 3.8) is 0 Å². The number of H-pyrrole nitrogens is 1. The lowest BCUT2D eigenvalue weighted by Gasteiger charge is -2.10. The number of nitrogens with one attached hydrogen (secondary N) is 2. The standard InChI is InChI=1S/C22H18F4N6O/c1-11-6-16(24)14(20-29-19(30-31-20)12-4-5-22(25,26)8-12)7-17(11)28-21(33)15-9-27-32-10-13(23)2-3-18(15)32/h2-3,6-7,9-10,12H,4-5,8H2,1H3,(H,28,33)(H,29,30,31). The van der Waals surface area contributed by atoms with Gasteiger partial charge in [-0.05, 0) is 43.2 Å². The minimum atomic E-state index is -2.74. The van der Waals surface area contributed by atoms with Gasteiger partial charge in [0.15, 0.2) is 5.82 Å². The van der Waals surface area contributed by atoms with Crippen LogP contribution < -0.4 is 5.32 Å². The van der Waals surface area contributed by atoms with E-state index in [4.69, 9.17) is 0 Å². The molecule has 1 aliphatic rings. The molecular weight excluding hydrogens is 440 g/mol. The minimum absolute atomic E-state index is 0.0136. The number of alkyl halides is 2. The van der Waals surface area contributed by atoms with Crippen LogP contribution in [0.25, 0.3) is 16.9 Å². The Bertz CT molecular complexity index is 1380. The first-order chi connectivity index (χ1) is 15.7. The number of carbonyl (C=O) groups is 1. The normalized spacial score (nSPS) is 17.5. The summed E-state index contributed by atoms with van der Waals surface area (Å²) in [5.74, 6) is -4.54. The molecule has 4 aromatic rings. The van der Waals surface area contributed by atoms with Gasteiger partial charge in [-0.15, -0.1) is 0 Å². The smallest absolute Gasteiger partial charge is 0.259 e. The summed E-state index contributed by atoms with van der Waals surface area (Å²) in [5, 5.41) is 13.3. The molecule has 0 spiro atoms. The predicted octanol–water partition coefficient (Wildman–Crippen LogP) is 4.86. The van der Waals surface area contributed by atoms with Crippen molar-refractivity contribution in [1.29, 1.82) is 0 Å². The first-order valence-electron chi connectivity index (χ1n) is 10.2. The van der Waals surface area contributed by atoms with Crippen LogP contribution in [0.4, 0.5) is 23.2 Å². The maximum absolute atomic E-state index is 14.7. The van der Waals surface area contributed by atoms with E-state index in [1.54, 1.807) is 6.92 Å². The minimum Gasteiger partial charge on any atom is -0.322 e. The lowest BCUT2D eigenvalue weighted by atomic mass is 10.1. The third-order valence-electron chi connectivity index (χ3n) is 5.82. The molecule has 1 amide bonds. The fourth-order valence-corrected chi connectivity index (χ4v) is 4.06. The maximum Gasteiger partial charge on any atom is 0.259 e. The molecule has 33 heavy (non-hydrogen) atoms. The van der Waals surface area contributed by atoms with E-state index in [9.17, 15) is 22.4 Å². The third kappa shape index (κ3) is 3.94. The molecule has 0 bridgehead atoms. The van der Waals surface area contributed by atoms with Crippen LogP contribution in [0.5, 0.6) is 0 Å². The van der Waals surface area contributed by atoms with Gasteiger partial charge in [0.1, 0.15) is 17.5 Å². The van der Waals surface area contributed by atoms with Crippen molar-refractivity contribution in [2.24, 2.45) is 0 Å². The van der Waals surface area contributed by atoms with Crippen molar-refractivity contribution in [1.82, 2.24) is 24.8 Å². The van der Waals surface area contributed by atoms with Gasteiger partial charge in [-0.2, -0.15) is 10.2 Å². The number of hydrogen-bond acceptors (Lipinski definition) is 4. The Morgan fingerprint density at radius 3 is 2.85 bits per heavy atom. The summed E-state index contributed by atoms with van der Waals surface area (Å²) in [6, 6.07) is 5.28. The van der Waals surface area contributed by atoms with Gasteiger partial charge in [-0.1, -0.05) is 0 Å². The van der Waals surface area contributed by atoms with Crippen molar-refractivity contribution in [2.45, 2.75) is 38.0 Å². The van der Waals surface area contributed by atoms with Crippen molar-refractivity contribution >= 4 is 17.1 Å². The summed E-state index contributed by atoms with van der Waals surface area (Å²) < 4.78 is 56.4. The van der Waals surface area contributed by atoms with E-state index in [1.807, 2.05) is 0 Å². The van der Waals surface area contributed by atoms with Crippen LogP contribution in [0.1, 0.15) is 46.9 Å². The summed E-state index contributed by atoms with van der Waals surface area (Å²) in [7, 11) is 0. The Hall–Kier alpha value is -3.76. The van der Waals surface area contributed by atoms with Crippen molar-refractivity contribution in [3.8, 4) is 11.4 Å². The molecule has 2 N–H and O–H groups in total. The number of aromatic nitrogens is 5. The van der Waals surface area contributed by atoms with Gasteiger partial charge < -0.3 is 5.32 Å². The van der Waals surface area contributed by atoms with Crippen molar-refractivity contribution in [2.75, 3.05) is 5.32 Å². The van der Waals surface area contributed by atoms with E-state index in [2.05, 4.69) is 25.6 Å². The fourth-order valence-electron chi connectivity index (χ4n) is 4.06. The van der Waals surface area contributed by atoms with Gasteiger partial charge >= 0.3 is 0 Å². The highest BCUT2D eigenvalue weighted by Gasteiger charge is 2.41. The van der Waals surface area contributed by atoms with Gasteiger partial charge in [0.05, 0.1) is 29.0 Å². The van der Waals surface area contributed by atoms with Crippen molar-refractivity contribution in [3.05, 3.63) is 65.2 Å². The lowest BCUT2D eigenvalue weighted by Crippen LogP contribution is -2.13. The second-order valence-corrected chi connectivity index (χ2v) is 8.18. The van der Waals surface area contributed by atoms with Crippen LogP contribution in [0.15, 0.2) is 36.7 Å². The van der Waals surface area contributed by atoms with Gasteiger partial charge in [0.2, 0.25) is 5.92 Å². The molecule has 0 radical (unpaired) electrons. The molecule has 11 heteroatoms. The molecule has 1 fully saturated rings. The zero-order valence-corrected chi connectivity index (χ0v) is 17.4. The number of halogens is 4. The zero-order chi connectivity index (χ0) is 23.3. The molecule has 1 aromatic carbocycles. The average Bonchev–Trinajstić information content (AvgIpc) is 3.47. The number of benzene rings is 1. The highest BCUT2D eigenvalue weighted by Crippen LogP contribution is 2.43. The molecule has 3 heterocycles. The number of pyridine rings is 1. The number of aromatic amines is 1. The highest BCUT2D eigenvalue weighted by molar-refractivity contribution is 6.09. The SMILES string of the molecule is Cc1cc(F)c(-c2n[nH]c(C3CCC(F)(F)C3)n2)cc1NC(=O)c1cnn2cc(F)ccc12. The zero-order valence-electron chi connectivity index (χ0n) is 17.4. The Morgan fingerprint density at radius 1 is 1.27 bits per heavy atom. The number of carbonyl (C=O) groups excluding carboxylic acids is 1. The molecule has 7 nitrogen and oxygen atoms in total. The van der Waals surface area contributed by atoms with E-state index < -0.39 is 29.4 Å². The van der Waals surface area contributed by atoms with E-state index in [0.29, 0.717) is 16.8 Å². The maximum atomic E-state index is 14.7. The molecule has 5 rings (SSSR count). The first kappa shape index (κ1) is 21.1. The Kier molecular flexibility index (Phi) is 4.91. The largest absolute Gasteiger partial charge is 0.322 e. The quantitative estimate of drug-likeness (QED) is 0.428. The van der Waals surface area contributed by atoms with Crippen LogP contribution in [0.3, 0.4) is 0 Å². The van der Waals surface area contributed by atoms with E-state index >= 15 is 0 Å². The van der Waals surface area contributed by atoms with Crippen LogP contribution in [-0.2, 0) is 0 Å².